The fourth-order valence-electron chi connectivity index (χ4n) is 3.34. The topological polar surface area (TPSA) is 50.4 Å². The van der Waals surface area contributed by atoms with Gasteiger partial charge in [-0.15, -0.1) is 0 Å². The Morgan fingerprint density at radius 1 is 1.33 bits per heavy atom. The van der Waals surface area contributed by atoms with Crippen LogP contribution in [0.5, 0.6) is 5.75 Å². The van der Waals surface area contributed by atoms with E-state index >= 15 is 0 Å². The van der Waals surface area contributed by atoms with E-state index in [1.807, 2.05) is 38.1 Å². The Labute approximate surface area is 126 Å². The summed E-state index contributed by atoms with van der Waals surface area (Å²) >= 11 is 0. The third-order valence-electron chi connectivity index (χ3n) is 4.61. The Balaban J connectivity index is 1.66. The first-order chi connectivity index (χ1) is 10.1. The van der Waals surface area contributed by atoms with Gasteiger partial charge < -0.3 is 15.4 Å². The van der Waals surface area contributed by atoms with E-state index in [1.165, 1.54) is 0 Å². The summed E-state index contributed by atoms with van der Waals surface area (Å²) in [5, 5.41) is 6.43. The minimum absolute atomic E-state index is 0.0970. The Hall–Kier alpha value is -1.55. The van der Waals surface area contributed by atoms with Crippen molar-refractivity contribution >= 4 is 11.6 Å². The van der Waals surface area contributed by atoms with E-state index in [9.17, 15) is 4.79 Å². The van der Waals surface area contributed by atoms with Gasteiger partial charge >= 0.3 is 0 Å². The lowest BCUT2D eigenvalue weighted by molar-refractivity contribution is -0.118. The molecule has 2 aliphatic rings. The summed E-state index contributed by atoms with van der Waals surface area (Å²) in [6.45, 7) is 6.06. The van der Waals surface area contributed by atoms with E-state index in [-0.39, 0.29) is 23.3 Å². The molecule has 1 spiro atoms. The summed E-state index contributed by atoms with van der Waals surface area (Å²) in [4.78, 5) is 12.5. The number of rotatable bonds is 4. The number of piperidine rings is 1. The first kappa shape index (κ1) is 14.4. The van der Waals surface area contributed by atoms with E-state index in [0.29, 0.717) is 0 Å². The molecule has 1 aliphatic heterocycles. The maximum absolute atomic E-state index is 12.5. The van der Waals surface area contributed by atoms with Gasteiger partial charge in [0.05, 0.1) is 11.8 Å². The van der Waals surface area contributed by atoms with Crippen molar-refractivity contribution in [3.8, 4) is 5.75 Å². The molecular weight excluding hydrogens is 264 g/mol. The summed E-state index contributed by atoms with van der Waals surface area (Å²) in [6.07, 6.45) is 3.37. The lowest BCUT2D eigenvalue weighted by Crippen LogP contribution is -2.31. The number of carbonyl (C=O) groups is 1. The van der Waals surface area contributed by atoms with Gasteiger partial charge in [0.1, 0.15) is 5.75 Å². The number of carbonyl (C=O) groups excluding carboxylic acids is 1. The van der Waals surface area contributed by atoms with Crippen LogP contribution < -0.4 is 15.4 Å². The van der Waals surface area contributed by atoms with Crippen molar-refractivity contribution in [3.63, 3.8) is 0 Å². The van der Waals surface area contributed by atoms with Gasteiger partial charge in [-0.1, -0.05) is 12.1 Å². The van der Waals surface area contributed by atoms with Gasteiger partial charge in [0.2, 0.25) is 5.91 Å². The Bertz CT molecular complexity index is 521. The number of para-hydroxylation sites is 2. The highest BCUT2D eigenvalue weighted by molar-refractivity contribution is 5.96. The Morgan fingerprint density at radius 3 is 2.76 bits per heavy atom. The van der Waals surface area contributed by atoms with E-state index < -0.39 is 0 Å². The molecule has 114 valence electrons. The smallest absolute Gasteiger partial charge is 0.228 e. The highest BCUT2D eigenvalue weighted by Gasteiger charge is 2.57. The molecule has 4 heteroatoms. The Kier molecular flexibility index (Phi) is 3.89. The standard InChI is InChI=1S/C17H24N2O2/c1-12(2)21-15-6-4-3-5-14(15)19-16(20)13-11-17(13)7-9-18-10-8-17/h3-6,12-13,18H,7-11H2,1-2H3,(H,19,20). The SMILES string of the molecule is CC(C)Oc1ccccc1NC(=O)C1CC12CCNCC2. The van der Waals surface area contributed by atoms with Crippen LogP contribution in [0.1, 0.15) is 33.1 Å². The molecule has 1 amide bonds. The zero-order chi connectivity index (χ0) is 14.9. The van der Waals surface area contributed by atoms with Gasteiger partial charge in [0.15, 0.2) is 0 Å². The van der Waals surface area contributed by atoms with E-state index in [0.717, 1.165) is 43.8 Å². The van der Waals surface area contributed by atoms with Gasteiger partial charge in [-0.2, -0.15) is 0 Å². The second-order valence-corrected chi connectivity index (χ2v) is 6.52. The fraction of sp³-hybridized carbons (Fsp3) is 0.588. The summed E-state index contributed by atoms with van der Waals surface area (Å²) in [7, 11) is 0. The number of benzene rings is 1. The molecule has 3 rings (SSSR count). The van der Waals surface area contributed by atoms with Crippen LogP contribution in [0.15, 0.2) is 24.3 Å². The molecular formula is C17H24N2O2. The van der Waals surface area contributed by atoms with E-state index in [1.54, 1.807) is 0 Å². The summed E-state index contributed by atoms with van der Waals surface area (Å²) in [6, 6.07) is 7.67. The van der Waals surface area contributed by atoms with Gasteiger partial charge in [-0.05, 0) is 63.7 Å². The maximum atomic E-state index is 12.5. The molecule has 1 aromatic carbocycles. The molecule has 1 aromatic rings. The predicted molar refractivity (Wildman–Crippen MR) is 83.5 cm³/mol. The van der Waals surface area contributed by atoms with Gasteiger partial charge in [0, 0.05) is 5.92 Å². The van der Waals surface area contributed by atoms with Crippen LogP contribution >= 0.6 is 0 Å². The van der Waals surface area contributed by atoms with Crippen molar-refractivity contribution in [2.24, 2.45) is 11.3 Å². The van der Waals surface area contributed by atoms with Gasteiger partial charge in [0.25, 0.3) is 0 Å². The van der Waals surface area contributed by atoms with Crippen LogP contribution in [-0.4, -0.2) is 25.1 Å². The normalized spacial score (nSPS) is 23.1. The average molecular weight is 288 g/mol. The molecule has 0 radical (unpaired) electrons. The Morgan fingerprint density at radius 2 is 2.05 bits per heavy atom. The lowest BCUT2D eigenvalue weighted by Gasteiger charge is -2.23. The molecule has 0 aromatic heterocycles. The predicted octanol–water partition coefficient (Wildman–Crippen LogP) is 2.80. The number of hydrogen-bond donors (Lipinski definition) is 2. The zero-order valence-corrected chi connectivity index (χ0v) is 12.8. The molecule has 21 heavy (non-hydrogen) atoms. The van der Waals surface area contributed by atoms with Crippen molar-refractivity contribution < 1.29 is 9.53 Å². The van der Waals surface area contributed by atoms with Crippen molar-refractivity contribution in [2.45, 2.75) is 39.2 Å². The van der Waals surface area contributed by atoms with Gasteiger partial charge in [-0.25, -0.2) is 0 Å². The molecule has 1 heterocycles. The minimum atomic E-state index is 0.0970. The van der Waals surface area contributed by atoms with Crippen molar-refractivity contribution in [1.29, 1.82) is 0 Å². The fourth-order valence-corrected chi connectivity index (χ4v) is 3.34. The second kappa shape index (κ2) is 5.68. The number of nitrogens with one attached hydrogen (secondary N) is 2. The van der Waals surface area contributed by atoms with Crippen molar-refractivity contribution in [3.05, 3.63) is 24.3 Å². The summed E-state index contributed by atoms with van der Waals surface area (Å²) in [5.74, 6) is 1.07. The molecule has 0 bridgehead atoms. The molecule has 1 saturated heterocycles. The highest BCUT2D eigenvalue weighted by Crippen LogP contribution is 2.58. The maximum Gasteiger partial charge on any atom is 0.228 e. The third-order valence-corrected chi connectivity index (χ3v) is 4.61. The first-order valence-electron chi connectivity index (χ1n) is 7.88. The molecule has 1 saturated carbocycles. The zero-order valence-electron chi connectivity index (χ0n) is 12.8. The van der Waals surface area contributed by atoms with Crippen molar-refractivity contribution in [2.75, 3.05) is 18.4 Å². The van der Waals surface area contributed by atoms with Crippen LogP contribution in [0.4, 0.5) is 5.69 Å². The van der Waals surface area contributed by atoms with Crippen LogP contribution in [0, 0.1) is 11.3 Å². The molecule has 1 aliphatic carbocycles. The largest absolute Gasteiger partial charge is 0.489 e. The third kappa shape index (κ3) is 3.05. The quantitative estimate of drug-likeness (QED) is 0.895. The lowest BCUT2D eigenvalue weighted by atomic mass is 9.92. The summed E-state index contributed by atoms with van der Waals surface area (Å²) < 4.78 is 5.76. The molecule has 2 N–H and O–H groups in total. The van der Waals surface area contributed by atoms with Crippen LogP contribution in [0.3, 0.4) is 0 Å². The van der Waals surface area contributed by atoms with Crippen LogP contribution in [0.25, 0.3) is 0 Å². The number of hydrogen-bond acceptors (Lipinski definition) is 3. The van der Waals surface area contributed by atoms with Crippen LogP contribution in [-0.2, 0) is 4.79 Å². The second-order valence-electron chi connectivity index (χ2n) is 6.52. The molecule has 1 unspecified atom stereocenters. The van der Waals surface area contributed by atoms with E-state index in [4.69, 9.17) is 4.74 Å². The molecule has 1 atom stereocenters. The monoisotopic (exact) mass is 288 g/mol. The highest BCUT2D eigenvalue weighted by atomic mass is 16.5. The van der Waals surface area contributed by atoms with Gasteiger partial charge in [-0.3, -0.25) is 4.79 Å². The number of amides is 1. The first-order valence-corrected chi connectivity index (χ1v) is 7.88. The number of anilines is 1. The summed E-state index contributed by atoms with van der Waals surface area (Å²) in [5.41, 5.74) is 1.05. The van der Waals surface area contributed by atoms with E-state index in [2.05, 4.69) is 10.6 Å². The minimum Gasteiger partial charge on any atom is -0.489 e. The number of ether oxygens (including phenoxy) is 1. The van der Waals surface area contributed by atoms with Crippen LogP contribution in [0.2, 0.25) is 0 Å². The van der Waals surface area contributed by atoms with Crippen molar-refractivity contribution in [1.82, 2.24) is 5.32 Å². The molecule has 4 nitrogen and oxygen atoms in total. The molecule has 2 fully saturated rings. The average Bonchev–Trinajstić information content (AvgIpc) is 3.15.